The van der Waals surface area contributed by atoms with Gasteiger partial charge in [-0.3, -0.25) is 0 Å². The van der Waals surface area contributed by atoms with Crippen LogP contribution in [-0.4, -0.2) is 0 Å². The molecule has 0 saturated heterocycles. The minimum absolute atomic E-state index is 0.269. The number of rotatable bonds is 9. The maximum atomic E-state index is 2.41. The third-order valence-corrected chi connectivity index (χ3v) is 11.8. The van der Waals surface area contributed by atoms with Crippen molar-refractivity contribution < 1.29 is 0 Å². The van der Waals surface area contributed by atoms with Crippen LogP contribution in [0, 0.1) is 0 Å². The maximum Gasteiger partial charge on any atom is 0.0540 e. The molecule has 0 aliphatic rings. The van der Waals surface area contributed by atoms with E-state index < -0.39 is 0 Å². The number of benzene rings is 8. The summed E-state index contributed by atoms with van der Waals surface area (Å²) in [5, 5.41) is 5.12. The minimum atomic E-state index is 0.269. The molecule has 57 heavy (non-hydrogen) atoms. The second-order valence-electron chi connectivity index (χ2n) is 14.1. The Morgan fingerprint density at radius 2 is 0.982 bits per heavy atom. The van der Waals surface area contributed by atoms with Gasteiger partial charge in [0.2, 0.25) is 0 Å². The van der Waals surface area contributed by atoms with Crippen molar-refractivity contribution in [2.24, 2.45) is 0 Å². The number of nitrogens with zero attached hydrogens (tertiary/aromatic N) is 1. The zero-order chi connectivity index (χ0) is 39.1. The van der Waals surface area contributed by atoms with Gasteiger partial charge in [0.05, 0.1) is 5.69 Å². The number of fused-ring (bicyclic) bond motifs is 4. The predicted molar refractivity (Wildman–Crippen MR) is 252 cm³/mol. The van der Waals surface area contributed by atoms with E-state index in [1.54, 1.807) is 0 Å². The van der Waals surface area contributed by atoms with Crippen LogP contribution in [0.25, 0.3) is 64.3 Å². The van der Waals surface area contributed by atoms with E-state index in [1.165, 1.54) is 69.9 Å². The van der Waals surface area contributed by atoms with Crippen molar-refractivity contribution in [1.29, 1.82) is 0 Å². The molecule has 0 fully saturated rings. The number of thiophene rings is 1. The molecule has 0 aliphatic heterocycles. The fourth-order valence-corrected chi connectivity index (χ4v) is 8.99. The molecular weight excluding hydrogens is 707 g/mol. The second kappa shape index (κ2) is 17.1. The molecular formula is C55H47NS. The molecule has 1 heterocycles. The van der Waals surface area contributed by atoms with Crippen LogP contribution in [0.2, 0.25) is 0 Å². The van der Waals surface area contributed by atoms with Crippen LogP contribution in [0.1, 0.15) is 39.2 Å². The van der Waals surface area contributed by atoms with Gasteiger partial charge in [0.1, 0.15) is 0 Å². The number of allylic oxidation sites excluding steroid dienone is 4. The first-order valence-electron chi connectivity index (χ1n) is 20.0. The summed E-state index contributed by atoms with van der Waals surface area (Å²) in [4.78, 5) is 2.41. The van der Waals surface area contributed by atoms with Gasteiger partial charge in [-0.2, -0.15) is 0 Å². The van der Waals surface area contributed by atoms with E-state index in [-0.39, 0.29) is 5.92 Å². The molecule has 0 N–H and O–H groups in total. The lowest BCUT2D eigenvalue weighted by atomic mass is 9.92. The normalized spacial score (nSPS) is 12.0. The number of anilines is 3. The van der Waals surface area contributed by atoms with Gasteiger partial charge in [-0.1, -0.05) is 179 Å². The second-order valence-corrected chi connectivity index (χ2v) is 15.2. The van der Waals surface area contributed by atoms with Gasteiger partial charge in [0.25, 0.3) is 0 Å². The Morgan fingerprint density at radius 3 is 1.65 bits per heavy atom. The third kappa shape index (κ3) is 7.57. The summed E-state index contributed by atoms with van der Waals surface area (Å²) >= 11 is 1.87. The summed E-state index contributed by atoms with van der Waals surface area (Å²) in [6.07, 6.45) is 8.60. The first-order chi connectivity index (χ1) is 28.2. The molecule has 2 heteroatoms. The van der Waals surface area contributed by atoms with Crippen LogP contribution >= 0.6 is 11.3 Å². The van der Waals surface area contributed by atoms with E-state index in [2.05, 4.69) is 225 Å². The van der Waals surface area contributed by atoms with Crippen LogP contribution in [0.4, 0.5) is 17.1 Å². The van der Waals surface area contributed by atoms with E-state index in [0.717, 1.165) is 17.1 Å². The molecule has 0 radical (unpaired) electrons. The van der Waals surface area contributed by atoms with E-state index in [4.69, 9.17) is 0 Å². The highest BCUT2D eigenvalue weighted by Crippen LogP contribution is 2.45. The summed E-state index contributed by atoms with van der Waals surface area (Å²) in [5.41, 5.74) is 12.0. The van der Waals surface area contributed by atoms with Gasteiger partial charge >= 0.3 is 0 Å². The zero-order valence-corrected chi connectivity index (χ0v) is 33.9. The van der Waals surface area contributed by atoms with Crippen molar-refractivity contribution in [3.05, 3.63) is 212 Å². The molecule has 0 bridgehead atoms. The first kappa shape index (κ1) is 37.4. The molecule has 1 aromatic heterocycles. The number of hydrogen-bond acceptors (Lipinski definition) is 2. The molecule has 9 aromatic rings. The molecule has 0 spiro atoms. The molecule has 0 saturated carbocycles. The van der Waals surface area contributed by atoms with Gasteiger partial charge in [-0.25, -0.2) is 0 Å². The van der Waals surface area contributed by atoms with Crippen LogP contribution in [0.5, 0.6) is 0 Å². The third-order valence-electron chi connectivity index (χ3n) is 10.6. The first-order valence-corrected chi connectivity index (χ1v) is 20.9. The Hall–Kier alpha value is -6.48. The average Bonchev–Trinajstić information content (AvgIpc) is 3.65. The standard InChI is InChI=1S/C53H41NS.C2H6/c1-3-4-7-16-37(2)44-33-34-51(46-22-13-12-21-45(44)46)54(42-29-25-39(26-30-42)38-17-8-5-9-18-38)43-31-27-41(28-32-43)49-36-53-50(47-23-14-15-24-52(47)55-53)35-48(49)40-19-10-6-11-20-40;1-2/h3-37H,1-2H3;1-2H3/b4-3-,16-7-;. The lowest BCUT2D eigenvalue weighted by molar-refractivity contribution is 0.980. The Balaban J connectivity index is 0.00000224. The van der Waals surface area contributed by atoms with Crippen LogP contribution < -0.4 is 4.90 Å². The van der Waals surface area contributed by atoms with Crippen molar-refractivity contribution >= 4 is 59.3 Å². The molecule has 9 rings (SSSR count). The van der Waals surface area contributed by atoms with E-state index in [0.29, 0.717) is 0 Å². The van der Waals surface area contributed by atoms with Crippen LogP contribution in [0.15, 0.2) is 206 Å². The highest BCUT2D eigenvalue weighted by atomic mass is 32.1. The lowest BCUT2D eigenvalue weighted by Gasteiger charge is -2.28. The van der Waals surface area contributed by atoms with Crippen LogP contribution in [-0.2, 0) is 0 Å². The van der Waals surface area contributed by atoms with Crippen LogP contribution in [0.3, 0.4) is 0 Å². The van der Waals surface area contributed by atoms with Gasteiger partial charge in [0, 0.05) is 36.9 Å². The van der Waals surface area contributed by atoms with Gasteiger partial charge in [-0.05, 0) is 106 Å². The highest BCUT2D eigenvalue weighted by molar-refractivity contribution is 7.25. The molecule has 1 unspecified atom stereocenters. The summed E-state index contributed by atoms with van der Waals surface area (Å²) in [5.74, 6) is 0.269. The molecule has 0 amide bonds. The quantitative estimate of drug-likeness (QED) is 0.133. The van der Waals surface area contributed by atoms with Crippen molar-refractivity contribution in [2.45, 2.75) is 33.6 Å². The van der Waals surface area contributed by atoms with Crippen molar-refractivity contribution in [3.63, 3.8) is 0 Å². The minimum Gasteiger partial charge on any atom is -0.310 e. The van der Waals surface area contributed by atoms with E-state index in [9.17, 15) is 0 Å². The molecule has 1 atom stereocenters. The van der Waals surface area contributed by atoms with Gasteiger partial charge in [-0.15, -0.1) is 11.3 Å². The Labute approximate surface area is 341 Å². The van der Waals surface area contributed by atoms with E-state index >= 15 is 0 Å². The number of hydrogen-bond donors (Lipinski definition) is 0. The largest absolute Gasteiger partial charge is 0.310 e. The summed E-state index contributed by atoms with van der Waals surface area (Å²) in [6.45, 7) is 8.33. The van der Waals surface area contributed by atoms with E-state index in [1.807, 2.05) is 25.2 Å². The predicted octanol–water partition coefficient (Wildman–Crippen LogP) is 16.9. The molecule has 278 valence electrons. The fraction of sp³-hybridized carbons (Fsp3) is 0.0909. The Bertz CT molecular complexity index is 2810. The lowest BCUT2D eigenvalue weighted by Crippen LogP contribution is -2.11. The van der Waals surface area contributed by atoms with Gasteiger partial charge < -0.3 is 4.90 Å². The van der Waals surface area contributed by atoms with Gasteiger partial charge in [0.15, 0.2) is 0 Å². The summed E-state index contributed by atoms with van der Waals surface area (Å²) in [6, 6.07) is 66.6. The molecule has 0 aliphatic carbocycles. The summed E-state index contributed by atoms with van der Waals surface area (Å²) in [7, 11) is 0. The summed E-state index contributed by atoms with van der Waals surface area (Å²) < 4.78 is 2.63. The van der Waals surface area contributed by atoms with Crippen molar-refractivity contribution in [3.8, 4) is 33.4 Å². The monoisotopic (exact) mass is 753 g/mol. The Morgan fingerprint density at radius 1 is 0.456 bits per heavy atom. The molecule has 1 nitrogen and oxygen atoms in total. The maximum absolute atomic E-state index is 2.41. The van der Waals surface area contributed by atoms with Crippen molar-refractivity contribution in [2.75, 3.05) is 4.90 Å². The topological polar surface area (TPSA) is 3.24 Å². The highest BCUT2D eigenvalue weighted by Gasteiger charge is 2.19. The smallest absolute Gasteiger partial charge is 0.0540 e. The Kier molecular flexibility index (Phi) is 11.2. The molecule has 8 aromatic carbocycles. The fourth-order valence-electron chi connectivity index (χ4n) is 7.86. The average molecular weight is 754 g/mol. The SMILES string of the molecule is C/C=C\C=C/C(C)c1ccc(N(c2ccc(-c3ccccc3)cc2)c2ccc(-c3cc4sc5ccccc5c4cc3-c3ccccc3)cc2)c2ccccc12.CC. The zero-order valence-electron chi connectivity index (χ0n) is 33.1. The van der Waals surface area contributed by atoms with Crippen molar-refractivity contribution in [1.82, 2.24) is 0 Å².